The predicted molar refractivity (Wildman–Crippen MR) is 80.8 cm³/mol. The Bertz CT molecular complexity index is 404. The summed E-state index contributed by atoms with van der Waals surface area (Å²) in [5, 5.41) is 2.92. The molecule has 21 heavy (non-hydrogen) atoms. The molecule has 0 radical (unpaired) electrons. The second kappa shape index (κ2) is 6.34. The zero-order chi connectivity index (χ0) is 15.6. The first-order valence-corrected chi connectivity index (χ1v) is 8.13. The van der Waals surface area contributed by atoms with Crippen molar-refractivity contribution in [3.05, 3.63) is 0 Å². The van der Waals surface area contributed by atoms with Crippen LogP contribution in [0.1, 0.15) is 53.4 Å². The molecule has 1 N–H and O–H groups in total. The van der Waals surface area contributed by atoms with Crippen molar-refractivity contribution < 1.29 is 14.3 Å². The Hall–Kier alpha value is -1.10. The number of amides is 2. The van der Waals surface area contributed by atoms with Crippen molar-refractivity contribution in [2.24, 2.45) is 5.92 Å². The Labute approximate surface area is 127 Å². The number of hydrogen-bond acceptors (Lipinski definition) is 3. The van der Waals surface area contributed by atoms with Crippen LogP contribution in [0.2, 0.25) is 0 Å². The quantitative estimate of drug-likeness (QED) is 0.859. The van der Waals surface area contributed by atoms with Gasteiger partial charge in [0, 0.05) is 13.2 Å². The Morgan fingerprint density at radius 1 is 1.38 bits per heavy atom. The minimum atomic E-state index is -0.781. The lowest BCUT2D eigenvalue weighted by Gasteiger charge is -2.46. The number of nitrogens with one attached hydrogen (secondary N) is 1. The predicted octanol–water partition coefficient (Wildman–Crippen LogP) is 1.71. The molecule has 0 saturated carbocycles. The van der Waals surface area contributed by atoms with E-state index in [9.17, 15) is 9.59 Å². The molecule has 2 aliphatic heterocycles. The van der Waals surface area contributed by atoms with Gasteiger partial charge in [0.25, 0.3) is 0 Å². The molecule has 0 bridgehead atoms. The molecular weight excluding hydrogens is 268 g/mol. The molecule has 2 amide bonds. The van der Waals surface area contributed by atoms with Gasteiger partial charge in [-0.05, 0) is 38.5 Å². The van der Waals surface area contributed by atoms with Crippen LogP contribution in [-0.4, -0.2) is 47.6 Å². The third-order valence-electron chi connectivity index (χ3n) is 4.75. The van der Waals surface area contributed by atoms with E-state index >= 15 is 0 Å². The van der Waals surface area contributed by atoms with Crippen molar-refractivity contribution in [2.45, 2.75) is 71.1 Å². The van der Waals surface area contributed by atoms with Gasteiger partial charge >= 0.3 is 0 Å². The van der Waals surface area contributed by atoms with E-state index in [0.29, 0.717) is 13.0 Å². The van der Waals surface area contributed by atoms with Crippen LogP contribution in [-0.2, 0) is 14.3 Å². The Balaban J connectivity index is 2.21. The largest absolute Gasteiger partial charge is 0.376 e. The normalized spacial score (nSPS) is 34.2. The Morgan fingerprint density at radius 3 is 2.62 bits per heavy atom. The third kappa shape index (κ3) is 3.23. The second-order valence-corrected chi connectivity index (χ2v) is 6.81. The fraction of sp³-hybridized carbons (Fsp3) is 0.875. The summed E-state index contributed by atoms with van der Waals surface area (Å²) in [6, 6.07) is -0.386. The van der Waals surface area contributed by atoms with Crippen molar-refractivity contribution in [2.75, 3.05) is 13.2 Å². The van der Waals surface area contributed by atoms with Gasteiger partial charge in [-0.1, -0.05) is 20.8 Å². The molecule has 5 heteroatoms. The van der Waals surface area contributed by atoms with Gasteiger partial charge in [-0.2, -0.15) is 0 Å². The first kappa shape index (κ1) is 16.3. The van der Waals surface area contributed by atoms with Crippen molar-refractivity contribution in [3.8, 4) is 0 Å². The van der Waals surface area contributed by atoms with E-state index in [2.05, 4.69) is 5.32 Å². The second-order valence-electron chi connectivity index (χ2n) is 6.81. The number of ether oxygens (including phenoxy) is 1. The molecule has 0 aromatic carbocycles. The van der Waals surface area contributed by atoms with Gasteiger partial charge in [0.2, 0.25) is 11.8 Å². The summed E-state index contributed by atoms with van der Waals surface area (Å²) in [4.78, 5) is 27.1. The number of piperazine rings is 1. The van der Waals surface area contributed by atoms with Gasteiger partial charge in [-0.15, -0.1) is 0 Å². The van der Waals surface area contributed by atoms with E-state index in [1.54, 1.807) is 4.90 Å². The molecule has 120 valence electrons. The highest BCUT2D eigenvalue weighted by molar-refractivity contribution is 5.99. The highest BCUT2D eigenvalue weighted by Gasteiger charge is 2.48. The summed E-state index contributed by atoms with van der Waals surface area (Å²) in [6.07, 6.45) is 3.86. The summed E-state index contributed by atoms with van der Waals surface area (Å²) in [5.74, 6) is 0.0844. The van der Waals surface area contributed by atoms with Crippen LogP contribution in [0.25, 0.3) is 0 Å². The van der Waals surface area contributed by atoms with E-state index in [0.717, 1.165) is 25.9 Å². The van der Waals surface area contributed by atoms with Crippen LogP contribution in [0.5, 0.6) is 0 Å². The topological polar surface area (TPSA) is 58.6 Å². The summed E-state index contributed by atoms with van der Waals surface area (Å²) >= 11 is 0. The lowest BCUT2D eigenvalue weighted by atomic mass is 9.88. The highest BCUT2D eigenvalue weighted by atomic mass is 16.5. The van der Waals surface area contributed by atoms with Crippen LogP contribution in [0.15, 0.2) is 0 Å². The molecule has 0 aromatic rings. The van der Waals surface area contributed by atoms with Gasteiger partial charge < -0.3 is 15.0 Å². The molecule has 2 rings (SSSR count). The fourth-order valence-electron chi connectivity index (χ4n) is 3.25. The van der Waals surface area contributed by atoms with Gasteiger partial charge in [-0.3, -0.25) is 9.59 Å². The number of hydrogen-bond donors (Lipinski definition) is 1. The number of carbonyl (C=O) groups is 2. The summed E-state index contributed by atoms with van der Waals surface area (Å²) in [6.45, 7) is 9.02. The van der Waals surface area contributed by atoms with Crippen LogP contribution >= 0.6 is 0 Å². The monoisotopic (exact) mass is 296 g/mol. The maximum absolute atomic E-state index is 12.9. The van der Waals surface area contributed by atoms with E-state index in [1.807, 2.05) is 27.7 Å². The average molecular weight is 296 g/mol. The molecule has 0 aliphatic carbocycles. The zero-order valence-electron chi connectivity index (χ0n) is 13.6. The fourth-order valence-corrected chi connectivity index (χ4v) is 3.25. The number of nitrogens with zero attached hydrogens (tertiary/aromatic N) is 1. The first-order chi connectivity index (χ1) is 9.89. The molecule has 3 unspecified atom stereocenters. The molecule has 5 nitrogen and oxygen atoms in total. The number of rotatable bonds is 4. The van der Waals surface area contributed by atoms with Crippen molar-refractivity contribution in [1.82, 2.24) is 10.2 Å². The summed E-state index contributed by atoms with van der Waals surface area (Å²) < 4.78 is 5.77. The number of carbonyl (C=O) groups excluding carboxylic acids is 2. The van der Waals surface area contributed by atoms with Crippen molar-refractivity contribution in [3.63, 3.8) is 0 Å². The van der Waals surface area contributed by atoms with Crippen LogP contribution < -0.4 is 5.32 Å². The SMILES string of the molecule is CCC1(C)NC(=O)C(C(C)C)N(CC2CCCCO2)C1=O. The van der Waals surface area contributed by atoms with Gasteiger partial charge in [0.1, 0.15) is 11.6 Å². The first-order valence-electron chi connectivity index (χ1n) is 8.13. The van der Waals surface area contributed by atoms with Gasteiger partial charge in [-0.25, -0.2) is 0 Å². The van der Waals surface area contributed by atoms with Crippen LogP contribution in [0.4, 0.5) is 0 Å². The van der Waals surface area contributed by atoms with E-state index in [1.165, 1.54) is 0 Å². The minimum Gasteiger partial charge on any atom is -0.376 e. The van der Waals surface area contributed by atoms with Gasteiger partial charge in [0.15, 0.2) is 0 Å². The maximum atomic E-state index is 12.9. The van der Waals surface area contributed by atoms with Crippen molar-refractivity contribution >= 4 is 11.8 Å². The molecule has 0 spiro atoms. The van der Waals surface area contributed by atoms with Gasteiger partial charge in [0.05, 0.1) is 6.10 Å². The van der Waals surface area contributed by atoms with E-state index in [-0.39, 0.29) is 29.9 Å². The zero-order valence-corrected chi connectivity index (χ0v) is 13.6. The highest BCUT2D eigenvalue weighted by Crippen LogP contribution is 2.27. The molecule has 2 fully saturated rings. The lowest BCUT2D eigenvalue weighted by Crippen LogP contribution is -2.71. The van der Waals surface area contributed by atoms with Crippen LogP contribution in [0, 0.1) is 5.92 Å². The minimum absolute atomic E-state index is 0.0254. The molecular formula is C16H28N2O3. The molecule has 3 atom stereocenters. The Morgan fingerprint density at radius 2 is 2.10 bits per heavy atom. The third-order valence-corrected chi connectivity index (χ3v) is 4.75. The van der Waals surface area contributed by atoms with E-state index < -0.39 is 5.54 Å². The maximum Gasteiger partial charge on any atom is 0.248 e. The summed E-state index contributed by atoms with van der Waals surface area (Å²) in [5.41, 5.74) is -0.781. The van der Waals surface area contributed by atoms with Crippen LogP contribution in [0.3, 0.4) is 0 Å². The molecule has 2 saturated heterocycles. The van der Waals surface area contributed by atoms with Crippen molar-refractivity contribution in [1.29, 1.82) is 0 Å². The lowest BCUT2D eigenvalue weighted by molar-refractivity contribution is -0.159. The molecule has 2 heterocycles. The molecule has 2 aliphatic rings. The van der Waals surface area contributed by atoms with E-state index in [4.69, 9.17) is 4.74 Å². The standard InChI is InChI=1S/C16H28N2O3/c1-5-16(4)15(20)18(10-12-8-6-7-9-21-12)13(11(2)3)14(19)17-16/h11-13H,5-10H2,1-4H3,(H,17,19). The molecule has 0 aromatic heterocycles. The smallest absolute Gasteiger partial charge is 0.248 e. The average Bonchev–Trinajstić information content (AvgIpc) is 2.45. The Kier molecular flexibility index (Phi) is 4.91. The summed E-state index contributed by atoms with van der Waals surface area (Å²) in [7, 11) is 0.